The van der Waals surface area contributed by atoms with Gasteiger partial charge in [-0.2, -0.15) is 0 Å². The number of hydrogen-bond acceptors (Lipinski definition) is 4. The number of amides is 1. The summed E-state index contributed by atoms with van der Waals surface area (Å²) in [5, 5.41) is 2.82. The first-order valence-electron chi connectivity index (χ1n) is 9.34. The zero-order chi connectivity index (χ0) is 19.5. The van der Waals surface area contributed by atoms with Crippen LogP contribution in [-0.4, -0.2) is 29.0 Å². The molecule has 0 bridgehead atoms. The van der Waals surface area contributed by atoms with Crippen LogP contribution in [0.1, 0.15) is 27.3 Å². The molecule has 28 heavy (non-hydrogen) atoms. The Labute approximate surface area is 163 Å². The number of hydrogen-bond donors (Lipinski definition) is 1. The van der Waals surface area contributed by atoms with Gasteiger partial charge in [0.05, 0.1) is 0 Å². The maximum absolute atomic E-state index is 13.7. The number of aromatic nitrogens is 2. The van der Waals surface area contributed by atoms with Gasteiger partial charge in [0.25, 0.3) is 5.91 Å². The monoisotopic (exact) mass is 376 g/mol. The fraction of sp³-hybridized carbons (Fsp3) is 0.227. The van der Waals surface area contributed by atoms with Gasteiger partial charge < -0.3 is 10.2 Å². The summed E-state index contributed by atoms with van der Waals surface area (Å²) in [5.74, 6) is -0.00982. The average Bonchev–Trinajstić information content (AvgIpc) is 3.13. The molecule has 5 nitrogen and oxygen atoms in total. The second-order valence-corrected chi connectivity index (χ2v) is 6.82. The van der Waals surface area contributed by atoms with Gasteiger partial charge in [-0.25, -0.2) is 14.4 Å². The van der Waals surface area contributed by atoms with Crippen molar-refractivity contribution in [3.63, 3.8) is 0 Å². The lowest BCUT2D eigenvalue weighted by molar-refractivity contribution is 0.0949. The fourth-order valence-electron chi connectivity index (χ4n) is 3.44. The number of anilines is 2. The lowest BCUT2D eigenvalue weighted by Crippen LogP contribution is -2.28. The van der Waals surface area contributed by atoms with Crippen molar-refractivity contribution in [1.82, 2.24) is 15.3 Å². The van der Waals surface area contributed by atoms with E-state index in [4.69, 9.17) is 0 Å². The number of nitrogens with one attached hydrogen (secondary N) is 1. The molecule has 0 spiro atoms. The Bertz CT molecular complexity index is 1020. The van der Waals surface area contributed by atoms with E-state index in [9.17, 15) is 9.18 Å². The molecule has 0 radical (unpaired) electrons. The number of halogens is 1. The van der Waals surface area contributed by atoms with Crippen LogP contribution in [-0.2, 0) is 12.8 Å². The zero-order valence-electron chi connectivity index (χ0n) is 15.7. The molecule has 0 saturated carbocycles. The number of fused-ring (bicyclic) bond motifs is 1. The Morgan fingerprint density at radius 1 is 1.14 bits per heavy atom. The predicted octanol–water partition coefficient (Wildman–Crippen LogP) is 3.59. The highest BCUT2D eigenvalue weighted by molar-refractivity contribution is 5.92. The van der Waals surface area contributed by atoms with Gasteiger partial charge in [0, 0.05) is 24.5 Å². The predicted molar refractivity (Wildman–Crippen MR) is 106 cm³/mol. The van der Waals surface area contributed by atoms with Crippen LogP contribution in [0.25, 0.3) is 0 Å². The quantitative estimate of drug-likeness (QED) is 0.739. The normalized spacial score (nSPS) is 12.7. The lowest BCUT2D eigenvalue weighted by Gasteiger charge is -2.18. The summed E-state index contributed by atoms with van der Waals surface area (Å²) in [6, 6.07) is 16.4. The number of carbonyl (C=O) groups excluding carboxylic acids is 1. The van der Waals surface area contributed by atoms with Crippen molar-refractivity contribution in [1.29, 1.82) is 0 Å². The molecule has 0 aliphatic carbocycles. The molecule has 0 fully saturated rings. The van der Waals surface area contributed by atoms with Gasteiger partial charge in [0.2, 0.25) is 5.95 Å². The zero-order valence-corrected chi connectivity index (χ0v) is 15.7. The number of rotatable bonds is 5. The minimum absolute atomic E-state index is 0.260. The van der Waals surface area contributed by atoms with E-state index in [0.717, 1.165) is 24.3 Å². The second kappa shape index (κ2) is 7.76. The molecule has 1 aliphatic rings. The first kappa shape index (κ1) is 18.1. The Morgan fingerprint density at radius 3 is 2.79 bits per heavy atom. The van der Waals surface area contributed by atoms with Crippen molar-refractivity contribution < 1.29 is 9.18 Å². The van der Waals surface area contributed by atoms with Crippen LogP contribution in [0.3, 0.4) is 0 Å². The van der Waals surface area contributed by atoms with Crippen molar-refractivity contribution in [2.75, 3.05) is 18.0 Å². The van der Waals surface area contributed by atoms with Gasteiger partial charge in [-0.05, 0) is 49.1 Å². The Morgan fingerprint density at radius 2 is 1.93 bits per heavy atom. The van der Waals surface area contributed by atoms with Gasteiger partial charge in [0.1, 0.15) is 11.5 Å². The summed E-state index contributed by atoms with van der Waals surface area (Å²) < 4.78 is 13.7. The summed E-state index contributed by atoms with van der Waals surface area (Å²) in [4.78, 5) is 23.6. The summed E-state index contributed by atoms with van der Waals surface area (Å²) in [6.07, 6.45) is 1.35. The van der Waals surface area contributed by atoms with Crippen LogP contribution in [0, 0.1) is 12.7 Å². The minimum Gasteiger partial charge on any atom is -0.350 e. The number of benzene rings is 2. The van der Waals surface area contributed by atoms with E-state index in [1.807, 2.05) is 30.0 Å². The van der Waals surface area contributed by atoms with Gasteiger partial charge >= 0.3 is 0 Å². The molecule has 3 aromatic rings. The van der Waals surface area contributed by atoms with Crippen LogP contribution in [0.4, 0.5) is 16.0 Å². The lowest BCUT2D eigenvalue weighted by atomic mass is 10.1. The fourth-order valence-corrected chi connectivity index (χ4v) is 3.44. The summed E-state index contributed by atoms with van der Waals surface area (Å²) in [5.41, 5.74) is 3.97. The SMILES string of the molecule is Cc1cc(C(=O)NCCc2ccccc2F)nc(N2CCc3ccccc32)n1. The molecule has 1 aromatic heterocycles. The molecule has 4 rings (SSSR count). The van der Waals surface area contributed by atoms with Gasteiger partial charge in [-0.3, -0.25) is 4.79 Å². The third-order valence-corrected chi connectivity index (χ3v) is 4.84. The molecule has 0 saturated heterocycles. The van der Waals surface area contributed by atoms with Crippen molar-refractivity contribution in [3.8, 4) is 0 Å². The molecule has 0 atom stereocenters. The molecular formula is C22H21FN4O. The standard InChI is InChI=1S/C22H21FN4O/c1-15-14-19(21(28)24-12-10-16-6-2-4-8-18(16)23)26-22(25-15)27-13-11-17-7-3-5-9-20(17)27/h2-9,14H,10-13H2,1H3,(H,24,28). The third-order valence-electron chi connectivity index (χ3n) is 4.84. The van der Waals surface area contributed by atoms with Crippen molar-refractivity contribution in [2.24, 2.45) is 0 Å². The first-order chi connectivity index (χ1) is 13.6. The molecule has 1 aliphatic heterocycles. The number of aryl methyl sites for hydroxylation is 1. The van der Waals surface area contributed by atoms with Gasteiger partial charge in [-0.1, -0.05) is 36.4 Å². The van der Waals surface area contributed by atoms with E-state index in [1.54, 1.807) is 24.3 Å². The van der Waals surface area contributed by atoms with Crippen LogP contribution in [0.2, 0.25) is 0 Å². The van der Waals surface area contributed by atoms with Crippen molar-refractivity contribution in [2.45, 2.75) is 19.8 Å². The topological polar surface area (TPSA) is 58.1 Å². The summed E-state index contributed by atoms with van der Waals surface area (Å²) in [6.45, 7) is 2.98. The highest BCUT2D eigenvalue weighted by Gasteiger charge is 2.23. The van der Waals surface area contributed by atoms with Crippen molar-refractivity contribution in [3.05, 3.63) is 82.9 Å². The highest BCUT2D eigenvalue weighted by Crippen LogP contribution is 2.32. The second-order valence-electron chi connectivity index (χ2n) is 6.82. The molecule has 1 amide bonds. The molecule has 1 N–H and O–H groups in total. The molecule has 6 heteroatoms. The van der Waals surface area contributed by atoms with Crippen LogP contribution in [0.5, 0.6) is 0 Å². The molecule has 2 heterocycles. The maximum atomic E-state index is 13.7. The summed E-state index contributed by atoms with van der Waals surface area (Å²) >= 11 is 0. The van der Waals surface area contributed by atoms with E-state index in [0.29, 0.717) is 30.2 Å². The number of para-hydroxylation sites is 1. The van der Waals surface area contributed by atoms with Crippen molar-refractivity contribution >= 4 is 17.5 Å². The minimum atomic E-state index is -0.282. The Balaban J connectivity index is 1.48. The highest BCUT2D eigenvalue weighted by atomic mass is 19.1. The van der Waals surface area contributed by atoms with E-state index in [1.165, 1.54) is 11.6 Å². The van der Waals surface area contributed by atoms with Gasteiger partial charge in [-0.15, -0.1) is 0 Å². The molecular weight excluding hydrogens is 355 g/mol. The first-order valence-corrected chi connectivity index (χ1v) is 9.34. The van der Waals surface area contributed by atoms with Crippen LogP contribution >= 0.6 is 0 Å². The van der Waals surface area contributed by atoms with Crippen LogP contribution in [0.15, 0.2) is 54.6 Å². The average molecular weight is 376 g/mol. The Kier molecular flexibility index (Phi) is 5.02. The van der Waals surface area contributed by atoms with E-state index in [-0.39, 0.29) is 11.7 Å². The van der Waals surface area contributed by atoms with Crippen LogP contribution < -0.4 is 10.2 Å². The molecule has 2 aromatic carbocycles. The third kappa shape index (κ3) is 3.71. The summed E-state index contributed by atoms with van der Waals surface area (Å²) in [7, 11) is 0. The molecule has 142 valence electrons. The smallest absolute Gasteiger partial charge is 0.270 e. The largest absolute Gasteiger partial charge is 0.350 e. The number of carbonyl (C=O) groups is 1. The van der Waals surface area contributed by atoms with Gasteiger partial charge in [0.15, 0.2) is 0 Å². The molecule has 0 unspecified atom stereocenters. The Hall–Kier alpha value is -3.28. The van der Waals surface area contributed by atoms with E-state index >= 15 is 0 Å². The van der Waals surface area contributed by atoms with E-state index < -0.39 is 0 Å². The van der Waals surface area contributed by atoms with E-state index in [2.05, 4.69) is 21.4 Å². The number of nitrogens with zero attached hydrogens (tertiary/aromatic N) is 3. The maximum Gasteiger partial charge on any atom is 0.270 e.